The Morgan fingerprint density at radius 3 is 2.76 bits per heavy atom. The van der Waals surface area contributed by atoms with E-state index in [0.717, 1.165) is 16.9 Å². The van der Waals surface area contributed by atoms with Crippen molar-refractivity contribution < 1.29 is 14.1 Å². The lowest BCUT2D eigenvalue weighted by Gasteiger charge is -2.14. The summed E-state index contributed by atoms with van der Waals surface area (Å²) < 4.78 is 10.7. The fourth-order valence-electron chi connectivity index (χ4n) is 2.40. The summed E-state index contributed by atoms with van der Waals surface area (Å²) in [6.07, 6.45) is 3.33. The normalized spacial score (nSPS) is 11.8. The quantitative estimate of drug-likeness (QED) is 0.743. The van der Waals surface area contributed by atoms with Crippen molar-refractivity contribution in [2.75, 3.05) is 6.61 Å². The van der Waals surface area contributed by atoms with Crippen LogP contribution in [0.15, 0.2) is 59.4 Å². The first-order valence-electron chi connectivity index (χ1n) is 8.08. The summed E-state index contributed by atoms with van der Waals surface area (Å²) in [5, 5.41) is 6.75. The second-order valence-electron chi connectivity index (χ2n) is 5.52. The van der Waals surface area contributed by atoms with Crippen molar-refractivity contribution in [3.8, 4) is 17.1 Å². The minimum absolute atomic E-state index is 0.165. The zero-order valence-corrected chi connectivity index (χ0v) is 14.1. The number of nitrogens with zero attached hydrogens (tertiary/aromatic N) is 2. The first kappa shape index (κ1) is 16.7. The van der Waals surface area contributed by atoms with Crippen molar-refractivity contribution in [1.82, 2.24) is 15.5 Å². The second-order valence-corrected chi connectivity index (χ2v) is 5.52. The van der Waals surface area contributed by atoms with Gasteiger partial charge in [-0.3, -0.25) is 9.78 Å². The Morgan fingerprint density at radius 1 is 1.28 bits per heavy atom. The monoisotopic (exact) mass is 337 g/mol. The summed E-state index contributed by atoms with van der Waals surface area (Å²) in [5.74, 6) is 1.02. The number of nitrogens with one attached hydrogen (secondary N) is 1. The smallest absolute Gasteiger partial charge is 0.273 e. The highest BCUT2D eigenvalue weighted by atomic mass is 16.5. The van der Waals surface area contributed by atoms with Crippen LogP contribution < -0.4 is 10.1 Å². The highest BCUT2D eigenvalue weighted by Crippen LogP contribution is 2.20. The topological polar surface area (TPSA) is 77.2 Å². The minimum Gasteiger partial charge on any atom is -0.494 e. The average molecular weight is 337 g/mol. The molecule has 128 valence electrons. The molecule has 0 aliphatic heterocycles. The van der Waals surface area contributed by atoms with Gasteiger partial charge in [0.15, 0.2) is 11.5 Å². The molecular weight excluding hydrogens is 318 g/mol. The van der Waals surface area contributed by atoms with Crippen LogP contribution in [0.5, 0.6) is 5.75 Å². The number of hydrogen-bond donors (Lipinski definition) is 1. The van der Waals surface area contributed by atoms with Gasteiger partial charge in [0.1, 0.15) is 5.75 Å². The van der Waals surface area contributed by atoms with Crippen molar-refractivity contribution in [2.24, 2.45) is 0 Å². The highest BCUT2D eigenvalue weighted by Gasteiger charge is 2.16. The van der Waals surface area contributed by atoms with Gasteiger partial charge >= 0.3 is 0 Å². The van der Waals surface area contributed by atoms with Crippen LogP contribution in [0.3, 0.4) is 0 Å². The predicted molar refractivity (Wildman–Crippen MR) is 93.2 cm³/mol. The second kappa shape index (κ2) is 7.61. The molecule has 3 rings (SSSR count). The van der Waals surface area contributed by atoms with Crippen LogP contribution >= 0.6 is 0 Å². The molecule has 0 spiro atoms. The molecular formula is C19H19N3O3. The lowest BCUT2D eigenvalue weighted by Crippen LogP contribution is -2.26. The zero-order valence-electron chi connectivity index (χ0n) is 14.1. The van der Waals surface area contributed by atoms with E-state index >= 15 is 0 Å². The number of benzene rings is 1. The molecule has 1 N–H and O–H groups in total. The maximum Gasteiger partial charge on any atom is 0.273 e. The number of hydrogen-bond acceptors (Lipinski definition) is 5. The van der Waals surface area contributed by atoms with Crippen LogP contribution in [0.2, 0.25) is 0 Å². The fraction of sp³-hybridized carbons (Fsp3) is 0.211. The number of carbonyl (C=O) groups is 1. The van der Waals surface area contributed by atoms with Gasteiger partial charge in [0.05, 0.1) is 12.6 Å². The lowest BCUT2D eigenvalue weighted by atomic mass is 10.1. The van der Waals surface area contributed by atoms with E-state index in [0.29, 0.717) is 12.4 Å². The van der Waals surface area contributed by atoms with E-state index in [2.05, 4.69) is 15.5 Å². The molecule has 0 saturated carbocycles. The molecule has 0 bridgehead atoms. The Hall–Kier alpha value is -3.15. The van der Waals surface area contributed by atoms with Crippen LogP contribution in [0.4, 0.5) is 0 Å². The van der Waals surface area contributed by atoms with E-state index in [1.54, 1.807) is 24.5 Å². The van der Waals surface area contributed by atoms with Crippen molar-refractivity contribution in [3.63, 3.8) is 0 Å². The molecule has 0 saturated heterocycles. The van der Waals surface area contributed by atoms with Crippen LogP contribution in [0.1, 0.15) is 35.9 Å². The van der Waals surface area contributed by atoms with Crippen molar-refractivity contribution in [3.05, 3.63) is 66.1 Å². The predicted octanol–water partition coefficient (Wildman–Crippen LogP) is 3.63. The molecule has 25 heavy (non-hydrogen) atoms. The van der Waals surface area contributed by atoms with Crippen molar-refractivity contribution in [1.29, 1.82) is 0 Å². The van der Waals surface area contributed by atoms with Crippen LogP contribution in [0.25, 0.3) is 11.3 Å². The van der Waals surface area contributed by atoms with E-state index in [1.807, 2.05) is 44.2 Å². The number of rotatable bonds is 6. The van der Waals surface area contributed by atoms with E-state index < -0.39 is 0 Å². The molecule has 0 aliphatic rings. The summed E-state index contributed by atoms with van der Waals surface area (Å²) in [4.78, 5) is 16.4. The third-order valence-electron chi connectivity index (χ3n) is 3.73. The third kappa shape index (κ3) is 4.03. The van der Waals surface area contributed by atoms with Crippen LogP contribution in [-0.2, 0) is 0 Å². The van der Waals surface area contributed by atoms with Gasteiger partial charge in [0, 0.05) is 24.0 Å². The van der Waals surface area contributed by atoms with Gasteiger partial charge in [-0.25, -0.2) is 0 Å². The molecule has 1 atom stereocenters. The Kier molecular flexibility index (Phi) is 5.09. The number of pyridine rings is 1. The van der Waals surface area contributed by atoms with Gasteiger partial charge in [0.2, 0.25) is 0 Å². The number of aromatic nitrogens is 2. The zero-order chi connectivity index (χ0) is 17.6. The summed E-state index contributed by atoms with van der Waals surface area (Å²) in [5.41, 5.74) is 1.98. The SMILES string of the molecule is CCOc1ccc([C@H](C)NC(=O)c2cc(-c3cccnc3)on2)cc1. The highest BCUT2D eigenvalue weighted by molar-refractivity contribution is 5.93. The van der Waals surface area contributed by atoms with Gasteiger partial charge in [-0.15, -0.1) is 0 Å². The van der Waals surface area contributed by atoms with Gasteiger partial charge in [-0.2, -0.15) is 0 Å². The van der Waals surface area contributed by atoms with Gasteiger partial charge in [-0.05, 0) is 43.7 Å². The molecule has 0 radical (unpaired) electrons. The van der Waals surface area contributed by atoms with E-state index in [4.69, 9.17) is 9.26 Å². The Morgan fingerprint density at radius 2 is 2.08 bits per heavy atom. The maximum absolute atomic E-state index is 12.4. The van der Waals surface area contributed by atoms with Crippen molar-refractivity contribution in [2.45, 2.75) is 19.9 Å². The first-order chi connectivity index (χ1) is 12.2. The van der Waals surface area contributed by atoms with Crippen molar-refractivity contribution >= 4 is 5.91 Å². The molecule has 3 aromatic rings. The number of amides is 1. The van der Waals surface area contributed by atoms with Crippen LogP contribution in [-0.4, -0.2) is 22.7 Å². The van der Waals surface area contributed by atoms with Crippen LogP contribution in [0, 0.1) is 0 Å². The number of ether oxygens (including phenoxy) is 1. The summed E-state index contributed by atoms with van der Waals surface area (Å²) in [7, 11) is 0. The first-order valence-corrected chi connectivity index (χ1v) is 8.08. The van der Waals surface area contributed by atoms with E-state index in [1.165, 1.54) is 0 Å². The summed E-state index contributed by atoms with van der Waals surface area (Å²) >= 11 is 0. The molecule has 0 fully saturated rings. The average Bonchev–Trinajstić information content (AvgIpc) is 3.13. The molecule has 6 nitrogen and oxygen atoms in total. The Balaban J connectivity index is 1.66. The molecule has 0 unspecified atom stereocenters. The summed E-state index contributed by atoms with van der Waals surface area (Å²) in [6.45, 7) is 4.47. The van der Waals surface area contributed by atoms with E-state index in [-0.39, 0.29) is 17.6 Å². The fourth-order valence-corrected chi connectivity index (χ4v) is 2.40. The summed E-state index contributed by atoms with van der Waals surface area (Å²) in [6, 6.07) is 12.7. The molecule has 2 heterocycles. The molecule has 2 aromatic heterocycles. The molecule has 1 aromatic carbocycles. The maximum atomic E-state index is 12.4. The Bertz CT molecular complexity index is 829. The number of carbonyl (C=O) groups excluding carboxylic acids is 1. The molecule has 1 amide bonds. The largest absolute Gasteiger partial charge is 0.494 e. The standard InChI is InChI=1S/C19H19N3O3/c1-3-24-16-8-6-14(7-9-16)13(2)21-19(23)17-11-18(25-22-17)15-5-4-10-20-12-15/h4-13H,3H2,1-2H3,(H,21,23)/t13-/m0/s1. The van der Waals surface area contributed by atoms with Gasteiger partial charge in [0.25, 0.3) is 5.91 Å². The van der Waals surface area contributed by atoms with Gasteiger partial charge in [-0.1, -0.05) is 17.3 Å². The lowest BCUT2D eigenvalue weighted by molar-refractivity contribution is 0.0931. The molecule has 0 aliphatic carbocycles. The van der Waals surface area contributed by atoms with E-state index in [9.17, 15) is 4.79 Å². The Labute approximate surface area is 145 Å². The minimum atomic E-state index is -0.291. The molecule has 6 heteroatoms. The van der Waals surface area contributed by atoms with Gasteiger partial charge < -0.3 is 14.6 Å². The third-order valence-corrected chi connectivity index (χ3v) is 3.73.